The Morgan fingerprint density at radius 1 is 0.929 bits per heavy atom. The second-order valence-electron chi connectivity index (χ2n) is 3.50. The molecule has 4 heteroatoms. The van der Waals surface area contributed by atoms with E-state index in [-0.39, 0.29) is 0 Å². The molecular formula is C10H19I3Si. The van der Waals surface area contributed by atoms with Crippen LogP contribution in [0.2, 0.25) is 0 Å². The molecule has 0 atom stereocenters. The third kappa shape index (κ3) is 14.1. The highest BCUT2D eigenvalue weighted by atomic mass is 127. The van der Waals surface area contributed by atoms with E-state index in [9.17, 15) is 0 Å². The largest absolute Gasteiger partial charge is 0.276 e. The molecule has 0 aromatic rings. The molecule has 0 rings (SSSR count). The number of hydrogen-bond donors (Lipinski definition) is 0. The predicted molar refractivity (Wildman–Crippen MR) is 94.9 cm³/mol. The van der Waals surface area contributed by atoms with Crippen molar-refractivity contribution in [1.82, 2.24) is 0 Å². The van der Waals surface area contributed by atoms with Crippen molar-refractivity contribution in [3.8, 4) is 0 Å². The minimum absolute atomic E-state index is 1.01. The van der Waals surface area contributed by atoms with E-state index in [1.54, 1.807) is 0 Å². The summed E-state index contributed by atoms with van der Waals surface area (Å²) in [5.74, 6) is 0. The number of rotatable bonds is 8. The topological polar surface area (TPSA) is 0 Å². The van der Waals surface area contributed by atoms with Crippen molar-refractivity contribution in [1.29, 1.82) is 0 Å². The van der Waals surface area contributed by atoms with Crippen LogP contribution in [0.1, 0.15) is 51.9 Å². The lowest BCUT2D eigenvalue weighted by molar-refractivity contribution is 0.611. The van der Waals surface area contributed by atoms with E-state index in [0.29, 0.717) is 0 Å². The first-order chi connectivity index (χ1) is 6.56. The van der Waals surface area contributed by atoms with E-state index in [0.717, 1.165) is 0 Å². The molecule has 0 unspecified atom stereocenters. The van der Waals surface area contributed by atoms with Gasteiger partial charge < -0.3 is 0 Å². The van der Waals surface area contributed by atoms with Gasteiger partial charge in [0.15, 0.2) is 0 Å². The van der Waals surface area contributed by atoms with E-state index in [2.05, 4.69) is 84.1 Å². The second kappa shape index (κ2) is 10.3. The van der Waals surface area contributed by atoms with Gasteiger partial charge in [-0.25, -0.2) is 0 Å². The first-order valence-corrected chi connectivity index (χ1v) is 16.7. The molecule has 0 nitrogen and oxygen atoms in total. The van der Waals surface area contributed by atoms with Gasteiger partial charge >= 0.3 is 0 Å². The normalized spacial score (nSPS) is 12.6. The van der Waals surface area contributed by atoms with Gasteiger partial charge in [-0.05, 0) is 12.8 Å². The molecule has 84 valence electrons. The Kier molecular flexibility index (Phi) is 11.9. The van der Waals surface area contributed by atoms with Gasteiger partial charge in [0.1, 0.15) is 0 Å². The van der Waals surface area contributed by atoms with Crippen LogP contribution in [0.3, 0.4) is 0 Å². The van der Waals surface area contributed by atoms with Crippen LogP contribution >= 0.6 is 65.4 Å². The zero-order valence-corrected chi connectivity index (χ0v) is 16.2. The molecule has 0 aliphatic rings. The molecule has 0 aromatic carbocycles. The van der Waals surface area contributed by atoms with Crippen LogP contribution < -0.4 is 0 Å². The SMILES string of the molecule is CCCCCCCCC=C[Si](I)(I)I. The maximum atomic E-state index is 2.58. The molecule has 0 aliphatic carbocycles. The van der Waals surface area contributed by atoms with Crippen molar-refractivity contribution in [2.24, 2.45) is 0 Å². The fourth-order valence-electron chi connectivity index (χ4n) is 1.26. The maximum absolute atomic E-state index is 2.58. The van der Waals surface area contributed by atoms with Crippen molar-refractivity contribution >= 4 is 66.0 Å². The van der Waals surface area contributed by atoms with Gasteiger partial charge in [0.05, 0.1) is 0 Å². The summed E-state index contributed by atoms with van der Waals surface area (Å²) in [5, 5.41) is 0. The van der Waals surface area contributed by atoms with Crippen molar-refractivity contribution in [3.05, 3.63) is 11.8 Å². The lowest BCUT2D eigenvalue weighted by atomic mass is 10.1. The highest BCUT2D eigenvalue weighted by Gasteiger charge is 2.15. The number of hydrogen-bond acceptors (Lipinski definition) is 0. The first kappa shape index (κ1) is 16.1. The lowest BCUT2D eigenvalue weighted by Gasteiger charge is -2.01. The molecule has 0 radical (unpaired) electrons. The van der Waals surface area contributed by atoms with E-state index in [1.807, 2.05) is 0 Å². The quantitative estimate of drug-likeness (QED) is 0.150. The van der Waals surface area contributed by atoms with Crippen molar-refractivity contribution < 1.29 is 0 Å². The Hall–Kier alpha value is 2.15. The zero-order valence-electron chi connectivity index (χ0n) is 8.74. The fraction of sp³-hybridized carbons (Fsp3) is 0.800. The average molecular weight is 548 g/mol. The molecular weight excluding hydrogens is 529 g/mol. The van der Waals surface area contributed by atoms with Gasteiger partial charge in [-0.3, -0.25) is 0 Å². The van der Waals surface area contributed by atoms with Crippen molar-refractivity contribution in [3.63, 3.8) is 0 Å². The molecule has 0 aliphatic heterocycles. The zero-order chi connectivity index (χ0) is 10.9. The predicted octanol–water partition coefficient (Wildman–Crippen LogP) is 6.08. The van der Waals surface area contributed by atoms with Crippen LogP contribution in [-0.2, 0) is 0 Å². The van der Waals surface area contributed by atoms with Crippen LogP contribution in [0.15, 0.2) is 11.8 Å². The molecule has 0 saturated carbocycles. The van der Waals surface area contributed by atoms with Gasteiger partial charge in [0.2, 0.25) is 0 Å². The standard InChI is InChI=1S/C10H19I3Si/c1-2-3-4-5-6-7-8-9-10-14(11,12)13/h9-10H,2-8H2,1H3. The summed E-state index contributed by atoms with van der Waals surface area (Å²) in [7, 11) is 0. The van der Waals surface area contributed by atoms with E-state index in [1.165, 1.54) is 44.9 Å². The van der Waals surface area contributed by atoms with E-state index >= 15 is 0 Å². The Labute approximate surface area is 128 Å². The highest BCUT2D eigenvalue weighted by Crippen LogP contribution is 2.30. The van der Waals surface area contributed by atoms with Gasteiger partial charge in [-0.15, -0.1) is 0 Å². The summed E-state index contributed by atoms with van der Waals surface area (Å²) in [5.41, 5.74) is 2.43. The summed E-state index contributed by atoms with van der Waals surface area (Å²) < 4.78 is -1.01. The number of halogens is 3. The van der Waals surface area contributed by atoms with Crippen LogP contribution in [0.25, 0.3) is 0 Å². The Morgan fingerprint density at radius 2 is 1.50 bits per heavy atom. The van der Waals surface area contributed by atoms with Crippen LogP contribution in [0.4, 0.5) is 0 Å². The average Bonchev–Trinajstić information content (AvgIpc) is 2.08. The minimum atomic E-state index is -1.01. The third-order valence-electron chi connectivity index (χ3n) is 2.03. The fourth-order valence-corrected chi connectivity index (χ4v) is 3.98. The van der Waals surface area contributed by atoms with E-state index < -0.39 is 0.564 Å². The molecule has 0 amide bonds. The lowest BCUT2D eigenvalue weighted by Crippen LogP contribution is -1.98. The van der Waals surface area contributed by atoms with Crippen molar-refractivity contribution in [2.75, 3.05) is 0 Å². The first-order valence-electron chi connectivity index (χ1n) is 5.30. The Bertz CT molecular complexity index is 152. The molecule has 0 bridgehead atoms. The van der Waals surface area contributed by atoms with Gasteiger partial charge in [0.25, 0.3) is 0.564 Å². The van der Waals surface area contributed by atoms with Gasteiger partial charge in [-0.1, -0.05) is 116 Å². The van der Waals surface area contributed by atoms with Crippen LogP contribution in [0, 0.1) is 0 Å². The highest BCUT2D eigenvalue weighted by molar-refractivity contribution is 14.4. The smallest absolute Gasteiger partial charge is 0.0901 e. The molecule has 0 N–H and O–H groups in total. The summed E-state index contributed by atoms with van der Waals surface area (Å²) in [6.07, 6.45) is 12.1. The minimum Gasteiger partial charge on any atom is -0.0901 e. The van der Waals surface area contributed by atoms with Gasteiger partial charge in [0, 0.05) is 0 Å². The van der Waals surface area contributed by atoms with Crippen molar-refractivity contribution in [2.45, 2.75) is 51.9 Å². The molecule has 0 saturated heterocycles. The summed E-state index contributed by atoms with van der Waals surface area (Å²) >= 11 is 7.74. The number of allylic oxidation sites excluding steroid dienone is 1. The van der Waals surface area contributed by atoms with Gasteiger partial charge in [-0.2, -0.15) is 0 Å². The molecule has 0 heterocycles. The molecule has 0 fully saturated rings. The summed E-state index contributed by atoms with van der Waals surface area (Å²) in [6.45, 7) is 2.27. The Morgan fingerprint density at radius 3 is 2.07 bits per heavy atom. The number of unbranched alkanes of at least 4 members (excludes halogenated alkanes) is 6. The summed E-state index contributed by atoms with van der Waals surface area (Å²) in [6, 6.07) is 0. The molecule has 14 heavy (non-hydrogen) atoms. The van der Waals surface area contributed by atoms with Crippen LogP contribution in [0.5, 0.6) is 0 Å². The summed E-state index contributed by atoms with van der Waals surface area (Å²) in [4.78, 5) is 0. The molecule has 0 aromatic heterocycles. The molecule has 0 spiro atoms. The van der Waals surface area contributed by atoms with E-state index in [4.69, 9.17) is 0 Å². The Balaban J connectivity index is 3.17. The maximum Gasteiger partial charge on any atom is 0.276 e. The second-order valence-corrected chi connectivity index (χ2v) is 38.8. The monoisotopic (exact) mass is 548 g/mol. The third-order valence-corrected chi connectivity index (χ3v) is 5.88. The van der Waals surface area contributed by atoms with Crippen LogP contribution in [-0.4, -0.2) is 0.564 Å².